The first kappa shape index (κ1) is 8.82. The largest absolute Gasteiger partial charge is 0.394 e. The van der Waals surface area contributed by atoms with Crippen LogP contribution in [-0.2, 0) is 0 Å². The maximum Gasteiger partial charge on any atom is 0.147 e. The molecule has 0 unspecified atom stereocenters. The molecular formula is C11H17NSi. The molecule has 2 rings (SSSR count). The predicted molar refractivity (Wildman–Crippen MR) is 60.0 cm³/mol. The van der Waals surface area contributed by atoms with Crippen LogP contribution in [0.1, 0.15) is 6.92 Å². The van der Waals surface area contributed by atoms with E-state index in [1.807, 2.05) is 0 Å². The van der Waals surface area contributed by atoms with Crippen molar-refractivity contribution in [2.45, 2.75) is 26.6 Å². The van der Waals surface area contributed by atoms with Crippen LogP contribution in [0.5, 0.6) is 0 Å². The first-order valence-corrected chi connectivity index (χ1v) is 8.31. The van der Waals surface area contributed by atoms with Crippen LogP contribution in [0.15, 0.2) is 35.1 Å². The maximum absolute atomic E-state index is 2.59. The normalized spacial score (nSPS) is 21.2. The zero-order valence-electron chi connectivity index (χ0n) is 8.89. The molecule has 2 heteroatoms. The highest BCUT2D eigenvalue weighted by atomic mass is 28.3. The molecule has 0 saturated carbocycles. The summed E-state index contributed by atoms with van der Waals surface area (Å²) in [4.78, 5) is 0. The Morgan fingerprint density at radius 3 is 2.54 bits per heavy atom. The number of hydrogen-bond acceptors (Lipinski definition) is 1. The van der Waals surface area contributed by atoms with E-state index in [0.717, 1.165) is 6.54 Å². The molecule has 0 radical (unpaired) electrons. The van der Waals surface area contributed by atoms with E-state index in [2.05, 4.69) is 49.4 Å². The molecule has 0 aromatic carbocycles. The molecule has 1 heterocycles. The van der Waals surface area contributed by atoms with E-state index in [0.29, 0.717) is 0 Å². The van der Waals surface area contributed by atoms with Gasteiger partial charge in [-0.2, -0.15) is 0 Å². The summed E-state index contributed by atoms with van der Waals surface area (Å²) >= 11 is 0. The van der Waals surface area contributed by atoms with Crippen molar-refractivity contribution < 1.29 is 0 Å². The van der Waals surface area contributed by atoms with E-state index in [1.165, 1.54) is 16.8 Å². The fourth-order valence-corrected chi connectivity index (χ4v) is 3.54. The van der Waals surface area contributed by atoms with Crippen molar-refractivity contribution >= 4 is 8.24 Å². The summed E-state index contributed by atoms with van der Waals surface area (Å²) in [6.45, 7) is 10.5. The second-order valence-electron chi connectivity index (χ2n) is 4.86. The van der Waals surface area contributed by atoms with E-state index < -0.39 is 8.24 Å². The number of rotatable bonds is 1. The van der Waals surface area contributed by atoms with Gasteiger partial charge in [-0.3, -0.25) is 0 Å². The first-order chi connectivity index (χ1) is 5.98. The molecule has 0 bridgehead atoms. The van der Waals surface area contributed by atoms with E-state index >= 15 is 0 Å². The van der Waals surface area contributed by atoms with Gasteiger partial charge in [-0.1, -0.05) is 31.8 Å². The van der Waals surface area contributed by atoms with Crippen molar-refractivity contribution in [1.82, 2.24) is 4.57 Å². The summed E-state index contributed by atoms with van der Waals surface area (Å²) in [5, 5.41) is 0. The summed E-state index contributed by atoms with van der Waals surface area (Å²) in [6.07, 6.45) is 6.95. The lowest BCUT2D eigenvalue weighted by atomic mass is 10.3. The van der Waals surface area contributed by atoms with Gasteiger partial charge in [0.1, 0.15) is 8.24 Å². The molecule has 1 aliphatic carbocycles. The van der Waals surface area contributed by atoms with Crippen LogP contribution < -0.4 is 0 Å². The standard InChI is InChI=1S/C11H17NSi/c1-9-7-10-5-6-12(11(10)8-9)13(2,3)4/h5,7-8H,6H2,1-4H3. The molecule has 1 nitrogen and oxygen atoms in total. The van der Waals surface area contributed by atoms with Gasteiger partial charge in [-0.05, 0) is 24.1 Å². The highest BCUT2D eigenvalue weighted by Gasteiger charge is 2.31. The van der Waals surface area contributed by atoms with Crippen molar-refractivity contribution in [3.8, 4) is 0 Å². The minimum Gasteiger partial charge on any atom is -0.394 e. The lowest BCUT2D eigenvalue weighted by Gasteiger charge is -2.33. The average molecular weight is 191 g/mol. The molecule has 0 saturated heterocycles. The summed E-state index contributed by atoms with van der Waals surface area (Å²) in [7, 11) is -1.16. The van der Waals surface area contributed by atoms with Crippen LogP contribution in [0, 0.1) is 0 Å². The SMILES string of the molecule is CC1=CC2=CCN([Si](C)(C)C)C2=C1. The van der Waals surface area contributed by atoms with Gasteiger partial charge in [0.15, 0.2) is 0 Å². The topological polar surface area (TPSA) is 3.24 Å². The van der Waals surface area contributed by atoms with Crippen molar-refractivity contribution in [1.29, 1.82) is 0 Å². The highest BCUT2D eigenvalue weighted by molar-refractivity contribution is 6.73. The molecule has 0 spiro atoms. The predicted octanol–water partition coefficient (Wildman–Crippen LogP) is 2.91. The van der Waals surface area contributed by atoms with Gasteiger partial charge in [0.2, 0.25) is 0 Å². The van der Waals surface area contributed by atoms with Gasteiger partial charge in [0, 0.05) is 12.2 Å². The number of fused-ring (bicyclic) bond motifs is 1. The third-order valence-corrected chi connectivity index (χ3v) is 4.68. The molecule has 0 amide bonds. The summed E-state index contributed by atoms with van der Waals surface area (Å²) in [6, 6.07) is 0. The molecule has 0 aromatic rings. The first-order valence-electron chi connectivity index (χ1n) is 4.87. The van der Waals surface area contributed by atoms with Gasteiger partial charge >= 0.3 is 0 Å². The fourth-order valence-electron chi connectivity index (χ4n) is 1.98. The van der Waals surface area contributed by atoms with Gasteiger partial charge < -0.3 is 4.57 Å². The molecule has 2 aliphatic rings. The Balaban J connectivity index is 2.30. The van der Waals surface area contributed by atoms with Crippen LogP contribution in [-0.4, -0.2) is 19.3 Å². The lowest BCUT2D eigenvalue weighted by Crippen LogP contribution is -2.43. The second-order valence-corrected chi connectivity index (χ2v) is 9.74. The van der Waals surface area contributed by atoms with E-state index in [9.17, 15) is 0 Å². The average Bonchev–Trinajstić information content (AvgIpc) is 2.41. The van der Waals surface area contributed by atoms with Gasteiger partial charge in [-0.25, -0.2) is 0 Å². The number of nitrogens with zero attached hydrogens (tertiary/aromatic N) is 1. The minimum atomic E-state index is -1.16. The summed E-state index contributed by atoms with van der Waals surface area (Å²) < 4.78 is 2.59. The molecule has 1 aliphatic heterocycles. The summed E-state index contributed by atoms with van der Waals surface area (Å²) in [5.41, 5.74) is 4.31. The maximum atomic E-state index is 2.59. The van der Waals surface area contributed by atoms with Crippen molar-refractivity contribution in [3.63, 3.8) is 0 Å². The summed E-state index contributed by atoms with van der Waals surface area (Å²) in [5.74, 6) is 0. The third kappa shape index (κ3) is 1.39. The van der Waals surface area contributed by atoms with Crippen molar-refractivity contribution in [2.75, 3.05) is 6.54 Å². The Labute approximate surface area is 81.5 Å². The molecule has 0 atom stereocenters. The van der Waals surface area contributed by atoms with E-state index in [1.54, 1.807) is 0 Å². The van der Waals surface area contributed by atoms with Crippen molar-refractivity contribution in [2.24, 2.45) is 0 Å². The molecule has 0 aromatic heterocycles. The smallest absolute Gasteiger partial charge is 0.147 e. The third-order valence-electron chi connectivity index (χ3n) is 2.64. The quantitative estimate of drug-likeness (QED) is 0.576. The highest BCUT2D eigenvalue weighted by Crippen LogP contribution is 2.34. The molecule has 13 heavy (non-hydrogen) atoms. The van der Waals surface area contributed by atoms with Gasteiger partial charge in [0.05, 0.1) is 0 Å². The number of allylic oxidation sites excluding steroid dienone is 3. The Morgan fingerprint density at radius 2 is 1.92 bits per heavy atom. The van der Waals surface area contributed by atoms with E-state index in [4.69, 9.17) is 0 Å². The monoisotopic (exact) mass is 191 g/mol. The van der Waals surface area contributed by atoms with Gasteiger partial charge in [-0.15, -0.1) is 0 Å². The Morgan fingerprint density at radius 1 is 1.23 bits per heavy atom. The lowest BCUT2D eigenvalue weighted by molar-refractivity contribution is 0.615. The number of hydrogen-bond donors (Lipinski definition) is 0. The van der Waals surface area contributed by atoms with Crippen LogP contribution in [0.25, 0.3) is 0 Å². The molecule has 0 N–H and O–H groups in total. The molecular weight excluding hydrogens is 174 g/mol. The van der Waals surface area contributed by atoms with Gasteiger partial charge in [0.25, 0.3) is 0 Å². The van der Waals surface area contributed by atoms with E-state index in [-0.39, 0.29) is 0 Å². The molecule has 0 fully saturated rings. The zero-order chi connectivity index (χ0) is 9.64. The van der Waals surface area contributed by atoms with Crippen LogP contribution in [0.2, 0.25) is 19.6 Å². The zero-order valence-corrected chi connectivity index (χ0v) is 9.89. The second kappa shape index (κ2) is 2.61. The van der Waals surface area contributed by atoms with Crippen LogP contribution in [0.3, 0.4) is 0 Å². The van der Waals surface area contributed by atoms with Crippen LogP contribution in [0.4, 0.5) is 0 Å². The Bertz CT molecular complexity index is 328. The minimum absolute atomic E-state index is 1.13. The molecule has 70 valence electrons. The van der Waals surface area contributed by atoms with Crippen LogP contribution >= 0.6 is 0 Å². The Kier molecular flexibility index (Phi) is 1.77. The van der Waals surface area contributed by atoms with Crippen molar-refractivity contribution in [3.05, 3.63) is 35.1 Å². The fraction of sp³-hybridized carbons (Fsp3) is 0.455. The Hall–Kier alpha value is -0.763.